The Morgan fingerprint density at radius 3 is 2.62 bits per heavy atom. The predicted molar refractivity (Wildman–Crippen MR) is 86.3 cm³/mol. The van der Waals surface area contributed by atoms with E-state index in [4.69, 9.17) is 0 Å². The van der Waals surface area contributed by atoms with E-state index in [0.29, 0.717) is 38.4 Å². The minimum Gasteiger partial charge on any atom is -0.366 e. The molecule has 1 aromatic rings. The third-order valence-corrected chi connectivity index (χ3v) is 5.99. The number of anilines is 1. The van der Waals surface area contributed by atoms with Crippen LogP contribution >= 0.6 is 0 Å². The van der Waals surface area contributed by atoms with E-state index in [1.165, 1.54) is 6.33 Å². The molecule has 2 aliphatic rings. The second-order valence-electron chi connectivity index (χ2n) is 5.97. The highest BCUT2D eigenvalue weighted by molar-refractivity contribution is 7.91. The summed E-state index contributed by atoms with van der Waals surface area (Å²) < 4.78 is 23.0. The van der Waals surface area contributed by atoms with Gasteiger partial charge in [-0.3, -0.25) is 9.59 Å². The predicted octanol–water partition coefficient (Wildman–Crippen LogP) is -1.01. The van der Waals surface area contributed by atoms with E-state index in [1.54, 1.807) is 15.9 Å². The van der Waals surface area contributed by atoms with Gasteiger partial charge in [-0.05, 0) is 6.42 Å². The number of hydrogen-bond acceptors (Lipinski definition) is 7. The number of carbonyl (C=O) groups is 2. The number of carbonyl (C=O) groups excluding carboxylic acids is 2. The molecule has 0 bridgehead atoms. The number of amides is 2. The zero-order chi connectivity index (χ0) is 17.2. The first kappa shape index (κ1) is 16.6. The molecule has 2 amide bonds. The molecule has 2 aliphatic heterocycles. The summed E-state index contributed by atoms with van der Waals surface area (Å²) in [4.78, 5) is 34.5. The van der Waals surface area contributed by atoms with E-state index >= 15 is 0 Å². The van der Waals surface area contributed by atoms with Crippen LogP contribution in [0.3, 0.4) is 0 Å². The third-order valence-electron chi connectivity index (χ3n) is 4.22. The molecule has 0 aromatic carbocycles. The summed E-state index contributed by atoms with van der Waals surface area (Å²) in [5.41, 5.74) is 0.257. The average molecular weight is 353 g/mol. The fourth-order valence-electron chi connectivity index (χ4n) is 2.86. The monoisotopic (exact) mass is 353 g/mol. The molecule has 0 spiro atoms. The molecule has 130 valence electrons. The lowest BCUT2D eigenvalue weighted by Crippen LogP contribution is -2.48. The topological polar surface area (TPSA) is 113 Å². The molecule has 2 fully saturated rings. The molecule has 1 atom stereocenters. The smallest absolute Gasteiger partial charge is 0.272 e. The standard InChI is InChI=1S/C14H19N5O4S/c20-10-18-2-4-19(5-3-18)14(21)12-7-13(16-9-15-12)17-11-1-6-24(22,23)8-11/h7,9-11H,1-6,8H2,(H,15,16,17). The van der Waals surface area contributed by atoms with Crippen LogP contribution in [0.25, 0.3) is 0 Å². The van der Waals surface area contributed by atoms with Crippen LogP contribution in [0.1, 0.15) is 16.9 Å². The van der Waals surface area contributed by atoms with Gasteiger partial charge in [0.15, 0.2) is 9.84 Å². The van der Waals surface area contributed by atoms with Crippen molar-refractivity contribution in [2.24, 2.45) is 0 Å². The van der Waals surface area contributed by atoms with E-state index < -0.39 is 9.84 Å². The van der Waals surface area contributed by atoms with Crippen LogP contribution < -0.4 is 5.32 Å². The molecule has 3 rings (SSSR count). The zero-order valence-corrected chi connectivity index (χ0v) is 13.9. The maximum atomic E-state index is 12.5. The number of nitrogens with one attached hydrogen (secondary N) is 1. The summed E-state index contributed by atoms with van der Waals surface area (Å²) in [7, 11) is -2.98. The minimum absolute atomic E-state index is 0.0773. The summed E-state index contributed by atoms with van der Waals surface area (Å²) in [6.07, 6.45) is 2.61. The van der Waals surface area contributed by atoms with Crippen molar-refractivity contribution < 1.29 is 18.0 Å². The van der Waals surface area contributed by atoms with Gasteiger partial charge in [0.1, 0.15) is 17.8 Å². The Morgan fingerprint density at radius 2 is 2.00 bits per heavy atom. The van der Waals surface area contributed by atoms with E-state index in [0.717, 1.165) is 6.41 Å². The van der Waals surface area contributed by atoms with Crippen molar-refractivity contribution in [3.05, 3.63) is 18.1 Å². The van der Waals surface area contributed by atoms with Crippen LogP contribution in [0.5, 0.6) is 0 Å². The van der Waals surface area contributed by atoms with Crippen molar-refractivity contribution in [1.82, 2.24) is 19.8 Å². The van der Waals surface area contributed by atoms with Gasteiger partial charge in [0.2, 0.25) is 6.41 Å². The Kier molecular flexibility index (Phi) is 4.65. The molecule has 9 nitrogen and oxygen atoms in total. The van der Waals surface area contributed by atoms with Crippen molar-refractivity contribution in [3.63, 3.8) is 0 Å². The van der Waals surface area contributed by atoms with E-state index in [-0.39, 0.29) is 29.1 Å². The Balaban J connectivity index is 1.64. The molecular weight excluding hydrogens is 334 g/mol. The fraction of sp³-hybridized carbons (Fsp3) is 0.571. The van der Waals surface area contributed by atoms with Crippen molar-refractivity contribution in [2.45, 2.75) is 12.5 Å². The Bertz CT molecular complexity index is 730. The van der Waals surface area contributed by atoms with Gasteiger partial charge in [-0.2, -0.15) is 0 Å². The Hall–Kier alpha value is -2.23. The lowest BCUT2D eigenvalue weighted by Gasteiger charge is -2.32. The second kappa shape index (κ2) is 6.71. The number of aromatic nitrogens is 2. The van der Waals surface area contributed by atoms with Crippen LogP contribution in [0.2, 0.25) is 0 Å². The quantitative estimate of drug-likeness (QED) is 0.690. The largest absolute Gasteiger partial charge is 0.366 e. The first-order valence-corrected chi connectivity index (χ1v) is 9.56. The Morgan fingerprint density at radius 1 is 1.25 bits per heavy atom. The van der Waals surface area contributed by atoms with Gasteiger partial charge in [-0.25, -0.2) is 18.4 Å². The van der Waals surface area contributed by atoms with Crippen LogP contribution in [0.4, 0.5) is 5.82 Å². The average Bonchev–Trinajstić information content (AvgIpc) is 2.93. The van der Waals surface area contributed by atoms with Crippen molar-refractivity contribution in [1.29, 1.82) is 0 Å². The molecule has 24 heavy (non-hydrogen) atoms. The number of piperazine rings is 1. The summed E-state index contributed by atoms with van der Waals surface area (Å²) in [5, 5.41) is 3.06. The van der Waals surface area contributed by atoms with Gasteiger partial charge >= 0.3 is 0 Å². The van der Waals surface area contributed by atoms with Gasteiger partial charge in [0, 0.05) is 38.3 Å². The van der Waals surface area contributed by atoms with Gasteiger partial charge in [-0.15, -0.1) is 0 Å². The number of nitrogens with zero attached hydrogens (tertiary/aromatic N) is 4. The highest BCUT2D eigenvalue weighted by Crippen LogP contribution is 2.17. The molecular formula is C14H19N5O4S. The second-order valence-corrected chi connectivity index (χ2v) is 8.20. The molecule has 3 heterocycles. The highest BCUT2D eigenvalue weighted by Gasteiger charge is 2.28. The molecule has 0 radical (unpaired) electrons. The first-order chi connectivity index (χ1) is 11.5. The molecule has 10 heteroatoms. The number of hydrogen-bond donors (Lipinski definition) is 1. The van der Waals surface area contributed by atoms with Crippen LogP contribution in [0.15, 0.2) is 12.4 Å². The molecule has 0 aliphatic carbocycles. The van der Waals surface area contributed by atoms with Crippen molar-refractivity contribution in [3.8, 4) is 0 Å². The number of sulfone groups is 1. The van der Waals surface area contributed by atoms with E-state index in [2.05, 4.69) is 15.3 Å². The third kappa shape index (κ3) is 3.81. The van der Waals surface area contributed by atoms with Crippen LogP contribution in [0, 0.1) is 0 Å². The number of rotatable bonds is 4. The fourth-order valence-corrected chi connectivity index (χ4v) is 4.54. The summed E-state index contributed by atoms with van der Waals surface area (Å²) in [6, 6.07) is 1.35. The lowest BCUT2D eigenvalue weighted by molar-refractivity contribution is -0.119. The van der Waals surface area contributed by atoms with Gasteiger partial charge in [0.05, 0.1) is 11.5 Å². The summed E-state index contributed by atoms with van der Waals surface area (Å²) in [6.45, 7) is 1.94. The summed E-state index contributed by atoms with van der Waals surface area (Å²) >= 11 is 0. The normalized spacial score (nSPS) is 23.1. The summed E-state index contributed by atoms with van der Waals surface area (Å²) in [5.74, 6) is 0.475. The first-order valence-electron chi connectivity index (χ1n) is 7.74. The SMILES string of the molecule is O=CN1CCN(C(=O)c2cc(NC3CCS(=O)(=O)C3)ncn2)CC1. The zero-order valence-electron chi connectivity index (χ0n) is 13.1. The van der Waals surface area contributed by atoms with Crippen molar-refractivity contribution in [2.75, 3.05) is 43.0 Å². The highest BCUT2D eigenvalue weighted by atomic mass is 32.2. The van der Waals surface area contributed by atoms with Gasteiger partial charge in [0.25, 0.3) is 5.91 Å². The van der Waals surface area contributed by atoms with Crippen molar-refractivity contribution >= 4 is 28.0 Å². The van der Waals surface area contributed by atoms with Gasteiger partial charge < -0.3 is 15.1 Å². The Labute approximate surface area is 140 Å². The maximum absolute atomic E-state index is 12.5. The van der Waals surface area contributed by atoms with E-state index in [1.807, 2.05) is 0 Å². The lowest BCUT2D eigenvalue weighted by atomic mass is 10.2. The van der Waals surface area contributed by atoms with Gasteiger partial charge in [-0.1, -0.05) is 0 Å². The molecule has 2 saturated heterocycles. The van der Waals surface area contributed by atoms with Crippen LogP contribution in [-0.4, -0.2) is 84.2 Å². The minimum atomic E-state index is -2.98. The maximum Gasteiger partial charge on any atom is 0.272 e. The molecule has 1 unspecified atom stereocenters. The van der Waals surface area contributed by atoms with Crippen LogP contribution in [-0.2, 0) is 14.6 Å². The molecule has 1 aromatic heterocycles. The van der Waals surface area contributed by atoms with E-state index in [9.17, 15) is 18.0 Å². The molecule has 1 N–H and O–H groups in total. The molecule has 0 saturated carbocycles.